The van der Waals surface area contributed by atoms with Crippen molar-refractivity contribution >= 4 is 17.3 Å². The number of nitrogens with zero attached hydrogens (tertiary/aromatic N) is 3. The minimum atomic E-state index is -0.0394. The molecular formula is C10H11N3S. The van der Waals surface area contributed by atoms with E-state index in [4.69, 9.17) is 12.2 Å². The first kappa shape index (κ1) is 9.27. The largest absolute Gasteiger partial charge is 0.322 e. The molecular weight excluding hydrogens is 194 g/mol. The maximum atomic E-state index is 5.02. The third-order valence-electron chi connectivity index (χ3n) is 2.26. The molecule has 1 aromatic carbocycles. The molecule has 3 nitrogen and oxygen atoms in total. The first-order chi connectivity index (χ1) is 6.68. The van der Waals surface area contributed by atoms with Gasteiger partial charge in [0.05, 0.1) is 0 Å². The predicted octanol–water partition coefficient (Wildman–Crippen LogP) is 2.68. The Kier molecular flexibility index (Phi) is 2.29. The highest BCUT2D eigenvalue weighted by molar-refractivity contribution is 7.80. The normalized spacial score (nSPS) is 20.6. The molecule has 0 fully saturated rings. The van der Waals surface area contributed by atoms with Crippen LogP contribution in [0.3, 0.4) is 0 Å². The Balaban J connectivity index is 2.33. The molecule has 1 atom stereocenters. The summed E-state index contributed by atoms with van der Waals surface area (Å²) in [5.74, 6) is 0. The number of rotatable bonds is 1. The van der Waals surface area contributed by atoms with Crippen LogP contribution < -0.4 is 0 Å². The van der Waals surface area contributed by atoms with E-state index in [1.807, 2.05) is 24.1 Å². The number of thiocarbonyl (C=S) groups is 1. The summed E-state index contributed by atoms with van der Waals surface area (Å²) >= 11 is 5.02. The Bertz CT molecular complexity index is 400. The van der Waals surface area contributed by atoms with Gasteiger partial charge in [-0.15, -0.1) is 5.11 Å². The number of aryl methyl sites for hydroxylation is 1. The van der Waals surface area contributed by atoms with Gasteiger partial charge in [0.1, 0.15) is 0 Å². The maximum Gasteiger partial charge on any atom is 0.217 e. The molecule has 0 bridgehead atoms. The van der Waals surface area contributed by atoms with Crippen LogP contribution in [0.2, 0.25) is 0 Å². The molecule has 0 spiro atoms. The molecule has 0 radical (unpaired) electrons. The highest BCUT2D eigenvalue weighted by Gasteiger charge is 2.23. The minimum absolute atomic E-state index is 0.0394. The highest BCUT2D eigenvalue weighted by Crippen LogP contribution is 2.27. The second kappa shape index (κ2) is 3.46. The number of azo groups is 1. The molecule has 2 rings (SSSR count). The number of hydrogen-bond donors (Lipinski definition) is 0. The Hall–Kier alpha value is -1.29. The van der Waals surface area contributed by atoms with E-state index in [1.54, 1.807) is 0 Å². The monoisotopic (exact) mass is 205 g/mol. The SMILES string of the molecule is Cc1cccc(C2N=NC(=S)N2C)c1. The van der Waals surface area contributed by atoms with Gasteiger partial charge in [0.2, 0.25) is 5.11 Å². The minimum Gasteiger partial charge on any atom is -0.322 e. The Labute approximate surface area is 88.5 Å². The van der Waals surface area contributed by atoms with Crippen LogP contribution in [0.1, 0.15) is 17.3 Å². The van der Waals surface area contributed by atoms with Gasteiger partial charge in [0, 0.05) is 7.05 Å². The quantitative estimate of drug-likeness (QED) is 0.659. The smallest absolute Gasteiger partial charge is 0.217 e. The summed E-state index contributed by atoms with van der Waals surface area (Å²) in [5, 5.41) is 8.56. The third kappa shape index (κ3) is 1.53. The van der Waals surface area contributed by atoms with E-state index >= 15 is 0 Å². The van der Waals surface area contributed by atoms with Gasteiger partial charge >= 0.3 is 0 Å². The zero-order chi connectivity index (χ0) is 10.1. The Morgan fingerprint density at radius 2 is 2.21 bits per heavy atom. The van der Waals surface area contributed by atoms with Gasteiger partial charge in [-0.05, 0) is 24.7 Å². The van der Waals surface area contributed by atoms with Gasteiger partial charge < -0.3 is 4.90 Å². The maximum absolute atomic E-state index is 5.02. The van der Waals surface area contributed by atoms with Gasteiger partial charge in [-0.1, -0.05) is 29.8 Å². The van der Waals surface area contributed by atoms with Gasteiger partial charge in [-0.25, -0.2) is 0 Å². The average molecular weight is 205 g/mol. The van der Waals surface area contributed by atoms with E-state index in [0.29, 0.717) is 5.11 Å². The fourth-order valence-electron chi connectivity index (χ4n) is 1.48. The summed E-state index contributed by atoms with van der Waals surface area (Å²) in [5.41, 5.74) is 2.36. The molecule has 72 valence electrons. The van der Waals surface area contributed by atoms with E-state index in [-0.39, 0.29) is 6.17 Å². The Morgan fingerprint density at radius 1 is 1.43 bits per heavy atom. The molecule has 0 aromatic heterocycles. The molecule has 14 heavy (non-hydrogen) atoms. The van der Waals surface area contributed by atoms with Crippen LogP contribution in [0.25, 0.3) is 0 Å². The lowest BCUT2D eigenvalue weighted by atomic mass is 10.1. The van der Waals surface area contributed by atoms with E-state index in [1.165, 1.54) is 5.56 Å². The summed E-state index contributed by atoms with van der Waals surface area (Å²) in [4.78, 5) is 1.89. The first-order valence-corrected chi connectivity index (χ1v) is 4.83. The third-order valence-corrected chi connectivity index (χ3v) is 2.63. The van der Waals surface area contributed by atoms with Crippen molar-refractivity contribution in [2.45, 2.75) is 13.1 Å². The molecule has 1 heterocycles. The van der Waals surface area contributed by atoms with Crippen LogP contribution in [-0.4, -0.2) is 17.1 Å². The van der Waals surface area contributed by atoms with Crippen LogP contribution in [0.5, 0.6) is 0 Å². The molecule has 0 saturated carbocycles. The zero-order valence-corrected chi connectivity index (χ0v) is 8.95. The number of hydrogen-bond acceptors (Lipinski definition) is 2. The molecule has 1 aliphatic rings. The lowest BCUT2D eigenvalue weighted by molar-refractivity contribution is 0.413. The standard InChI is InChI=1S/C10H11N3S/c1-7-4-3-5-8(6-7)9-11-12-10(14)13(9)2/h3-6,9H,1-2H3. The predicted molar refractivity (Wildman–Crippen MR) is 59.1 cm³/mol. The van der Waals surface area contributed by atoms with Crippen molar-refractivity contribution in [2.24, 2.45) is 10.2 Å². The van der Waals surface area contributed by atoms with Crippen molar-refractivity contribution in [3.8, 4) is 0 Å². The molecule has 4 heteroatoms. The zero-order valence-electron chi connectivity index (χ0n) is 8.14. The van der Waals surface area contributed by atoms with E-state index in [0.717, 1.165) is 5.56 Å². The van der Waals surface area contributed by atoms with Crippen molar-refractivity contribution in [1.82, 2.24) is 4.90 Å². The molecule has 1 unspecified atom stereocenters. The Morgan fingerprint density at radius 3 is 2.79 bits per heavy atom. The summed E-state index contributed by atoms with van der Waals surface area (Å²) in [6.45, 7) is 2.06. The van der Waals surface area contributed by atoms with Crippen LogP contribution in [0.4, 0.5) is 0 Å². The van der Waals surface area contributed by atoms with Gasteiger partial charge in [-0.2, -0.15) is 5.11 Å². The second-order valence-electron chi connectivity index (χ2n) is 3.40. The van der Waals surface area contributed by atoms with Crippen molar-refractivity contribution in [3.05, 3.63) is 35.4 Å². The average Bonchev–Trinajstić information content (AvgIpc) is 2.48. The van der Waals surface area contributed by atoms with Crippen molar-refractivity contribution < 1.29 is 0 Å². The van der Waals surface area contributed by atoms with Crippen molar-refractivity contribution in [3.63, 3.8) is 0 Å². The van der Waals surface area contributed by atoms with Gasteiger partial charge in [0.15, 0.2) is 6.17 Å². The summed E-state index contributed by atoms with van der Waals surface area (Å²) in [6.07, 6.45) is -0.0394. The molecule has 0 saturated heterocycles. The summed E-state index contributed by atoms with van der Waals surface area (Å²) < 4.78 is 0. The van der Waals surface area contributed by atoms with Crippen LogP contribution >= 0.6 is 12.2 Å². The second-order valence-corrected chi connectivity index (χ2v) is 3.76. The molecule has 1 aliphatic heterocycles. The highest BCUT2D eigenvalue weighted by atomic mass is 32.1. The number of benzene rings is 1. The summed E-state index contributed by atoms with van der Waals surface area (Å²) in [6, 6.07) is 8.23. The van der Waals surface area contributed by atoms with Gasteiger partial charge in [-0.3, -0.25) is 0 Å². The molecule has 0 amide bonds. The lowest BCUT2D eigenvalue weighted by Gasteiger charge is -2.17. The summed E-state index contributed by atoms with van der Waals surface area (Å²) in [7, 11) is 1.91. The van der Waals surface area contributed by atoms with Crippen LogP contribution in [-0.2, 0) is 0 Å². The van der Waals surface area contributed by atoms with E-state index in [9.17, 15) is 0 Å². The van der Waals surface area contributed by atoms with Crippen molar-refractivity contribution in [2.75, 3.05) is 7.05 Å². The lowest BCUT2D eigenvalue weighted by Crippen LogP contribution is -2.22. The van der Waals surface area contributed by atoms with Crippen molar-refractivity contribution in [1.29, 1.82) is 0 Å². The fourth-order valence-corrected chi connectivity index (χ4v) is 1.62. The van der Waals surface area contributed by atoms with E-state index < -0.39 is 0 Å². The molecule has 1 aromatic rings. The van der Waals surface area contributed by atoms with Crippen LogP contribution in [0.15, 0.2) is 34.5 Å². The topological polar surface area (TPSA) is 28.0 Å². The van der Waals surface area contributed by atoms with E-state index in [2.05, 4.69) is 29.3 Å². The first-order valence-electron chi connectivity index (χ1n) is 4.42. The molecule has 0 N–H and O–H groups in total. The molecule has 0 aliphatic carbocycles. The van der Waals surface area contributed by atoms with Gasteiger partial charge in [0.25, 0.3) is 0 Å². The van der Waals surface area contributed by atoms with Crippen LogP contribution in [0, 0.1) is 6.92 Å². The fraction of sp³-hybridized carbons (Fsp3) is 0.300.